The van der Waals surface area contributed by atoms with Crippen LogP contribution in [-0.2, 0) is 0 Å². The molecule has 0 aliphatic heterocycles. The van der Waals surface area contributed by atoms with Crippen molar-refractivity contribution in [3.05, 3.63) is 42.5 Å². The highest BCUT2D eigenvalue weighted by atomic mass is 16.3. The van der Waals surface area contributed by atoms with Crippen LogP contribution in [0.25, 0.3) is 5.57 Å². The molecule has 0 radical (unpaired) electrons. The summed E-state index contributed by atoms with van der Waals surface area (Å²) in [6, 6.07) is 10.2. The molecule has 2 N–H and O–H groups in total. The first-order chi connectivity index (χ1) is 9.40. The second-order valence-corrected chi connectivity index (χ2v) is 6.96. The predicted molar refractivity (Wildman–Crippen MR) is 85.5 cm³/mol. The van der Waals surface area contributed by atoms with Crippen molar-refractivity contribution in [2.24, 2.45) is 5.41 Å². The summed E-state index contributed by atoms with van der Waals surface area (Å²) in [5, 5.41) is 14.0. The van der Waals surface area contributed by atoms with Crippen LogP contribution in [0.1, 0.15) is 45.1 Å². The van der Waals surface area contributed by atoms with Gasteiger partial charge in [-0.3, -0.25) is 0 Å². The minimum absolute atomic E-state index is 0.389. The van der Waals surface area contributed by atoms with Crippen molar-refractivity contribution >= 4 is 5.57 Å². The normalized spacial score (nSPS) is 20.6. The van der Waals surface area contributed by atoms with E-state index in [1.807, 2.05) is 18.2 Å². The quantitative estimate of drug-likeness (QED) is 0.859. The van der Waals surface area contributed by atoms with Gasteiger partial charge in [-0.2, -0.15) is 0 Å². The van der Waals surface area contributed by atoms with Gasteiger partial charge in [0.15, 0.2) is 0 Å². The zero-order valence-corrected chi connectivity index (χ0v) is 12.8. The molecule has 0 amide bonds. The van der Waals surface area contributed by atoms with Crippen LogP contribution in [0, 0.1) is 5.41 Å². The van der Waals surface area contributed by atoms with Gasteiger partial charge in [0.05, 0.1) is 5.60 Å². The molecule has 1 fully saturated rings. The van der Waals surface area contributed by atoms with E-state index >= 15 is 0 Å². The van der Waals surface area contributed by atoms with Crippen LogP contribution in [0.5, 0.6) is 0 Å². The molecular weight excluding hydrogens is 246 g/mol. The molecule has 0 aromatic heterocycles. The lowest BCUT2D eigenvalue weighted by atomic mass is 9.71. The number of hydrogen-bond donors (Lipinski definition) is 2. The molecule has 0 spiro atoms. The third-order valence-electron chi connectivity index (χ3n) is 4.51. The molecule has 1 aliphatic rings. The van der Waals surface area contributed by atoms with Gasteiger partial charge < -0.3 is 10.4 Å². The van der Waals surface area contributed by atoms with E-state index in [1.54, 1.807) is 0 Å². The summed E-state index contributed by atoms with van der Waals surface area (Å²) in [6.45, 7) is 10.1. The fourth-order valence-electron chi connectivity index (χ4n) is 2.79. The lowest BCUT2D eigenvalue weighted by molar-refractivity contribution is -0.0235. The molecule has 0 saturated heterocycles. The molecule has 110 valence electrons. The van der Waals surface area contributed by atoms with E-state index in [1.165, 1.54) is 0 Å². The zero-order valence-electron chi connectivity index (χ0n) is 12.8. The van der Waals surface area contributed by atoms with Crippen LogP contribution in [0.15, 0.2) is 36.9 Å². The van der Waals surface area contributed by atoms with Crippen LogP contribution >= 0.6 is 0 Å². The first kappa shape index (κ1) is 15.3. The average molecular weight is 273 g/mol. The van der Waals surface area contributed by atoms with Gasteiger partial charge in [-0.25, -0.2) is 0 Å². The number of benzene rings is 1. The van der Waals surface area contributed by atoms with Crippen molar-refractivity contribution in [3.63, 3.8) is 0 Å². The molecule has 0 heterocycles. The van der Waals surface area contributed by atoms with Crippen molar-refractivity contribution < 1.29 is 5.11 Å². The fraction of sp³-hybridized carbons (Fsp3) is 0.556. The van der Waals surface area contributed by atoms with Crippen molar-refractivity contribution in [2.75, 3.05) is 13.1 Å². The molecule has 0 unspecified atom stereocenters. The maximum absolute atomic E-state index is 10.6. The summed E-state index contributed by atoms with van der Waals surface area (Å²) in [6.07, 6.45) is 3.99. The predicted octanol–water partition coefficient (Wildman–Crippen LogP) is 3.62. The van der Waals surface area contributed by atoms with Gasteiger partial charge >= 0.3 is 0 Å². The minimum Gasteiger partial charge on any atom is -0.389 e. The summed E-state index contributed by atoms with van der Waals surface area (Å²) in [4.78, 5) is 0. The molecule has 0 atom stereocenters. The number of hydrogen-bond acceptors (Lipinski definition) is 2. The largest absolute Gasteiger partial charge is 0.389 e. The Morgan fingerprint density at radius 2 is 1.75 bits per heavy atom. The van der Waals surface area contributed by atoms with E-state index in [2.05, 4.69) is 37.9 Å². The Bertz CT molecular complexity index is 440. The zero-order chi connectivity index (χ0) is 14.6. The van der Waals surface area contributed by atoms with Gasteiger partial charge in [-0.1, -0.05) is 50.8 Å². The van der Waals surface area contributed by atoms with Crippen LogP contribution in [-0.4, -0.2) is 23.8 Å². The maximum atomic E-state index is 10.6. The first-order valence-electron chi connectivity index (χ1n) is 7.57. The van der Waals surface area contributed by atoms with Crippen molar-refractivity contribution in [2.45, 2.75) is 45.1 Å². The molecule has 0 bridgehead atoms. The third kappa shape index (κ3) is 4.19. The topological polar surface area (TPSA) is 32.3 Å². The highest BCUT2D eigenvalue weighted by molar-refractivity contribution is 5.64. The minimum atomic E-state index is -0.535. The van der Waals surface area contributed by atoms with Gasteiger partial charge in [0.1, 0.15) is 0 Å². The van der Waals surface area contributed by atoms with Gasteiger partial charge in [0, 0.05) is 13.1 Å². The second kappa shape index (κ2) is 6.11. The van der Waals surface area contributed by atoms with Crippen LogP contribution < -0.4 is 5.32 Å². The second-order valence-electron chi connectivity index (χ2n) is 6.96. The smallest absolute Gasteiger partial charge is 0.0772 e. The summed E-state index contributed by atoms with van der Waals surface area (Å²) in [5.74, 6) is 0. The lowest BCUT2D eigenvalue weighted by Crippen LogP contribution is -2.45. The Kier molecular flexibility index (Phi) is 4.66. The summed E-state index contributed by atoms with van der Waals surface area (Å²) < 4.78 is 0. The molecule has 1 saturated carbocycles. The molecule has 20 heavy (non-hydrogen) atoms. The van der Waals surface area contributed by atoms with Crippen molar-refractivity contribution in [3.8, 4) is 0 Å². The Hall–Kier alpha value is -1.12. The molecule has 1 aliphatic carbocycles. The highest BCUT2D eigenvalue weighted by Crippen LogP contribution is 2.39. The summed E-state index contributed by atoms with van der Waals surface area (Å²) in [7, 11) is 0. The third-order valence-corrected chi connectivity index (χ3v) is 4.51. The van der Waals surface area contributed by atoms with Gasteiger partial charge in [0.2, 0.25) is 0 Å². The fourth-order valence-corrected chi connectivity index (χ4v) is 2.79. The monoisotopic (exact) mass is 273 g/mol. The van der Waals surface area contributed by atoms with Crippen molar-refractivity contribution in [1.29, 1.82) is 0 Å². The Balaban J connectivity index is 1.77. The molecular formula is C18H27NO. The molecule has 2 heteroatoms. The highest BCUT2D eigenvalue weighted by Gasteiger charge is 2.36. The SMILES string of the molecule is C=C(CNCC1(O)CCC(C)(C)CC1)c1ccccc1. The molecule has 2 rings (SSSR count). The van der Waals surface area contributed by atoms with Crippen LogP contribution in [0.3, 0.4) is 0 Å². The van der Waals surface area contributed by atoms with E-state index < -0.39 is 5.60 Å². The Labute approximate surface area is 122 Å². The van der Waals surface area contributed by atoms with Gasteiger partial charge in [0.25, 0.3) is 0 Å². The van der Waals surface area contributed by atoms with E-state index in [0.717, 1.165) is 43.4 Å². The van der Waals surface area contributed by atoms with E-state index in [0.29, 0.717) is 12.0 Å². The van der Waals surface area contributed by atoms with Crippen molar-refractivity contribution in [1.82, 2.24) is 5.32 Å². The molecule has 1 aromatic rings. The molecule has 2 nitrogen and oxygen atoms in total. The number of nitrogens with one attached hydrogen (secondary N) is 1. The average Bonchev–Trinajstić information content (AvgIpc) is 2.44. The molecule has 1 aromatic carbocycles. The summed E-state index contributed by atoms with van der Waals surface area (Å²) >= 11 is 0. The Morgan fingerprint density at radius 1 is 1.15 bits per heavy atom. The maximum Gasteiger partial charge on any atom is 0.0772 e. The first-order valence-corrected chi connectivity index (χ1v) is 7.57. The lowest BCUT2D eigenvalue weighted by Gasteiger charge is -2.40. The van der Waals surface area contributed by atoms with Gasteiger partial charge in [-0.05, 0) is 42.2 Å². The summed E-state index contributed by atoms with van der Waals surface area (Å²) in [5.41, 5.74) is 2.09. The van der Waals surface area contributed by atoms with Gasteiger partial charge in [-0.15, -0.1) is 0 Å². The van der Waals surface area contributed by atoms with Crippen LogP contribution in [0.4, 0.5) is 0 Å². The number of rotatable bonds is 5. The van der Waals surface area contributed by atoms with E-state index in [-0.39, 0.29) is 0 Å². The van der Waals surface area contributed by atoms with Crippen LogP contribution in [0.2, 0.25) is 0 Å². The van der Waals surface area contributed by atoms with E-state index in [9.17, 15) is 5.11 Å². The Morgan fingerprint density at radius 3 is 2.35 bits per heavy atom. The standard InChI is InChI=1S/C18H27NO/c1-15(16-7-5-4-6-8-16)13-19-14-18(20)11-9-17(2,3)10-12-18/h4-8,19-20H,1,9-14H2,2-3H3. The van der Waals surface area contributed by atoms with E-state index in [4.69, 9.17) is 0 Å². The number of aliphatic hydroxyl groups is 1.